The van der Waals surface area contributed by atoms with E-state index in [4.69, 9.17) is 0 Å². The Morgan fingerprint density at radius 2 is 1.67 bits per heavy atom. The highest BCUT2D eigenvalue weighted by Crippen LogP contribution is 2.27. The molecular formula is C26H29N5O2. The Labute approximate surface area is 192 Å². The summed E-state index contributed by atoms with van der Waals surface area (Å²) in [6.45, 7) is 6.94. The van der Waals surface area contributed by atoms with Gasteiger partial charge in [-0.15, -0.1) is 0 Å². The highest BCUT2D eigenvalue weighted by atomic mass is 16.2. The molecule has 2 aromatic carbocycles. The van der Waals surface area contributed by atoms with Crippen molar-refractivity contribution in [2.24, 2.45) is 0 Å². The highest BCUT2D eigenvalue weighted by Gasteiger charge is 2.22. The molecule has 1 aliphatic rings. The molecule has 1 saturated heterocycles. The van der Waals surface area contributed by atoms with Gasteiger partial charge in [-0.3, -0.25) is 14.5 Å². The normalized spacial score (nSPS) is 14.9. The summed E-state index contributed by atoms with van der Waals surface area (Å²) in [5.41, 5.74) is 2.48. The summed E-state index contributed by atoms with van der Waals surface area (Å²) in [7, 11) is 0. The topological polar surface area (TPSA) is 63.4 Å². The van der Waals surface area contributed by atoms with Crippen LogP contribution in [0.25, 0.3) is 21.8 Å². The number of hydrogen-bond donors (Lipinski definition) is 0. The van der Waals surface area contributed by atoms with Crippen LogP contribution in [0.4, 0.5) is 0 Å². The van der Waals surface area contributed by atoms with Crippen LogP contribution in [0.5, 0.6) is 0 Å². The average molecular weight is 444 g/mol. The number of para-hydroxylation sites is 1. The summed E-state index contributed by atoms with van der Waals surface area (Å²) in [6.07, 6.45) is 2.84. The zero-order valence-electron chi connectivity index (χ0n) is 19.0. The van der Waals surface area contributed by atoms with Crippen molar-refractivity contribution in [2.45, 2.75) is 26.4 Å². The molecule has 2 aromatic heterocycles. The van der Waals surface area contributed by atoms with Gasteiger partial charge in [0.25, 0.3) is 5.56 Å². The summed E-state index contributed by atoms with van der Waals surface area (Å²) in [4.78, 5) is 30.8. The van der Waals surface area contributed by atoms with E-state index in [-0.39, 0.29) is 18.0 Å². The molecule has 4 aromatic rings. The molecule has 0 radical (unpaired) electrons. The fraction of sp³-hybridized carbons (Fsp3) is 0.346. The molecular weight excluding hydrogens is 414 g/mol. The van der Waals surface area contributed by atoms with Gasteiger partial charge in [0, 0.05) is 49.0 Å². The first kappa shape index (κ1) is 21.4. The maximum atomic E-state index is 13.6. The number of nitrogens with zero attached hydrogens (tertiary/aromatic N) is 5. The SMILES string of the molecule is CCCN1CCN(C(=O)Cn2ncc3c4ccccc4n(Cc4ccccc4)c3c2=O)CC1. The number of piperazine rings is 1. The van der Waals surface area contributed by atoms with E-state index in [1.165, 1.54) is 4.68 Å². The number of carbonyl (C=O) groups excluding carboxylic acids is 1. The van der Waals surface area contributed by atoms with E-state index in [1.54, 1.807) is 6.20 Å². The van der Waals surface area contributed by atoms with E-state index in [0.29, 0.717) is 25.2 Å². The number of aromatic nitrogens is 3. The first-order valence-corrected chi connectivity index (χ1v) is 11.7. The van der Waals surface area contributed by atoms with Crippen molar-refractivity contribution >= 4 is 27.7 Å². The smallest absolute Gasteiger partial charge is 0.291 e. The Bertz CT molecular complexity index is 1330. The molecule has 0 saturated carbocycles. The van der Waals surface area contributed by atoms with Gasteiger partial charge in [0.2, 0.25) is 5.91 Å². The predicted molar refractivity (Wildman–Crippen MR) is 130 cm³/mol. The van der Waals surface area contributed by atoms with Crippen LogP contribution < -0.4 is 5.56 Å². The van der Waals surface area contributed by atoms with Crippen molar-refractivity contribution in [1.29, 1.82) is 0 Å². The lowest BCUT2D eigenvalue weighted by molar-refractivity contribution is -0.133. The standard InChI is InChI=1S/C26H29N5O2/c1-2-12-28-13-15-29(16-14-28)24(32)19-31-26(33)25-22(17-27-31)21-10-6-7-11-23(21)30(25)18-20-8-4-3-5-9-20/h3-11,17H,2,12-16,18-19H2,1H3. The summed E-state index contributed by atoms with van der Waals surface area (Å²) in [6, 6.07) is 18.1. The Kier molecular flexibility index (Phi) is 5.96. The summed E-state index contributed by atoms with van der Waals surface area (Å²) in [5.74, 6) is -0.0502. The minimum atomic E-state index is -0.224. The van der Waals surface area contributed by atoms with Gasteiger partial charge in [-0.2, -0.15) is 5.10 Å². The lowest BCUT2D eigenvalue weighted by Gasteiger charge is -2.34. The Morgan fingerprint density at radius 1 is 0.939 bits per heavy atom. The molecule has 0 aliphatic carbocycles. The van der Waals surface area contributed by atoms with Gasteiger partial charge >= 0.3 is 0 Å². The van der Waals surface area contributed by atoms with Crippen LogP contribution in [0.2, 0.25) is 0 Å². The van der Waals surface area contributed by atoms with Crippen LogP contribution in [-0.2, 0) is 17.9 Å². The zero-order chi connectivity index (χ0) is 22.8. The van der Waals surface area contributed by atoms with Gasteiger partial charge in [0.1, 0.15) is 12.1 Å². The molecule has 0 N–H and O–H groups in total. The molecule has 5 rings (SSSR count). The van der Waals surface area contributed by atoms with Crippen molar-refractivity contribution < 1.29 is 4.79 Å². The lowest BCUT2D eigenvalue weighted by atomic mass is 10.2. The highest BCUT2D eigenvalue weighted by molar-refractivity contribution is 6.07. The third-order valence-corrected chi connectivity index (χ3v) is 6.51. The van der Waals surface area contributed by atoms with E-state index in [9.17, 15) is 9.59 Å². The van der Waals surface area contributed by atoms with Crippen LogP contribution >= 0.6 is 0 Å². The Hall–Kier alpha value is -3.45. The molecule has 1 amide bonds. The molecule has 7 nitrogen and oxygen atoms in total. The minimum Gasteiger partial charge on any atom is -0.339 e. The first-order valence-electron chi connectivity index (χ1n) is 11.7. The van der Waals surface area contributed by atoms with Crippen molar-refractivity contribution in [1.82, 2.24) is 24.1 Å². The first-order chi connectivity index (χ1) is 16.2. The second-order valence-electron chi connectivity index (χ2n) is 8.68. The van der Waals surface area contributed by atoms with Crippen molar-refractivity contribution in [3.05, 3.63) is 76.7 Å². The summed E-state index contributed by atoms with van der Waals surface area (Å²) in [5, 5.41) is 6.21. The number of fused-ring (bicyclic) bond motifs is 3. The van der Waals surface area contributed by atoms with Crippen molar-refractivity contribution in [3.8, 4) is 0 Å². The van der Waals surface area contributed by atoms with Crippen LogP contribution in [0.15, 0.2) is 65.6 Å². The fourth-order valence-electron chi connectivity index (χ4n) is 4.80. The molecule has 0 atom stereocenters. The average Bonchev–Trinajstić information content (AvgIpc) is 3.16. The minimum absolute atomic E-state index is 0.0323. The molecule has 0 bridgehead atoms. The van der Waals surface area contributed by atoms with Crippen molar-refractivity contribution in [2.75, 3.05) is 32.7 Å². The molecule has 0 unspecified atom stereocenters. The van der Waals surface area contributed by atoms with E-state index in [1.807, 2.05) is 47.4 Å². The van der Waals surface area contributed by atoms with Gasteiger partial charge < -0.3 is 9.47 Å². The number of hydrogen-bond acceptors (Lipinski definition) is 4. The van der Waals surface area contributed by atoms with Gasteiger partial charge in [0.05, 0.1) is 6.20 Å². The maximum absolute atomic E-state index is 13.6. The molecule has 170 valence electrons. The van der Waals surface area contributed by atoms with Gasteiger partial charge in [-0.25, -0.2) is 4.68 Å². The summed E-state index contributed by atoms with van der Waals surface area (Å²) >= 11 is 0. The number of carbonyl (C=O) groups is 1. The molecule has 33 heavy (non-hydrogen) atoms. The molecule has 1 aliphatic heterocycles. The van der Waals surface area contributed by atoms with Gasteiger partial charge in [-0.05, 0) is 24.6 Å². The zero-order valence-corrected chi connectivity index (χ0v) is 19.0. The monoisotopic (exact) mass is 443 g/mol. The van der Waals surface area contributed by atoms with Crippen LogP contribution in [0.1, 0.15) is 18.9 Å². The Balaban J connectivity index is 1.48. The maximum Gasteiger partial charge on any atom is 0.291 e. The second kappa shape index (κ2) is 9.19. The quantitative estimate of drug-likeness (QED) is 0.460. The fourth-order valence-corrected chi connectivity index (χ4v) is 4.80. The molecule has 7 heteroatoms. The largest absolute Gasteiger partial charge is 0.339 e. The number of amides is 1. The summed E-state index contributed by atoms with van der Waals surface area (Å²) < 4.78 is 3.37. The number of rotatable bonds is 6. The van der Waals surface area contributed by atoms with Crippen molar-refractivity contribution in [3.63, 3.8) is 0 Å². The molecule has 0 spiro atoms. The van der Waals surface area contributed by atoms with E-state index >= 15 is 0 Å². The number of benzene rings is 2. The van der Waals surface area contributed by atoms with Crippen LogP contribution in [0.3, 0.4) is 0 Å². The van der Waals surface area contributed by atoms with E-state index in [2.05, 4.69) is 33.6 Å². The third-order valence-electron chi connectivity index (χ3n) is 6.51. The lowest BCUT2D eigenvalue weighted by Crippen LogP contribution is -2.50. The van der Waals surface area contributed by atoms with Crippen LogP contribution in [-0.4, -0.2) is 62.8 Å². The predicted octanol–water partition coefficient (Wildman–Crippen LogP) is 2.95. The second-order valence-corrected chi connectivity index (χ2v) is 8.68. The van der Waals surface area contributed by atoms with Gasteiger partial charge in [0.15, 0.2) is 0 Å². The van der Waals surface area contributed by atoms with Crippen LogP contribution in [0, 0.1) is 0 Å². The van der Waals surface area contributed by atoms with E-state index < -0.39 is 0 Å². The van der Waals surface area contributed by atoms with E-state index in [0.717, 1.165) is 47.9 Å². The molecule has 1 fully saturated rings. The Morgan fingerprint density at radius 3 is 2.42 bits per heavy atom. The molecule has 3 heterocycles. The van der Waals surface area contributed by atoms with Gasteiger partial charge in [-0.1, -0.05) is 55.5 Å². The third kappa shape index (κ3) is 4.16.